The average molecular weight is 1050 g/mol. The molecule has 2 heterocycles. The minimum Gasteiger partial charge on any atom is -0.508 e. The Morgan fingerprint density at radius 1 is 0.328 bits per heavy atom. The summed E-state index contributed by atoms with van der Waals surface area (Å²) < 4.78 is 5.70. The van der Waals surface area contributed by atoms with Gasteiger partial charge in [0, 0.05) is 51.1 Å². The molecule has 64 heavy (non-hydrogen) atoms. The van der Waals surface area contributed by atoms with Crippen molar-refractivity contribution in [3.63, 3.8) is 0 Å². The lowest BCUT2D eigenvalue weighted by molar-refractivity contribution is 0.476. The number of aryl methyl sites for hydroxylation is 1. The molecule has 0 saturated heterocycles. The Hall–Kier alpha value is -5.54. The molecule has 0 spiro atoms. The van der Waals surface area contributed by atoms with Crippen LogP contribution in [0.15, 0.2) is 182 Å². The standard InChI is InChI=1S/C29H18S.C28H16OS.BBr3/c1-17-14-15-22-24(16-17)18-8-2-3-9-19(18)28-26(22)20-10-4-5-11-21(20)27-23-12-6-7-13-25(23)30-29(27)28;29-16-13-14-21-23(15-16)17-7-1-2-8-18(17)27-25(21)19-9-3-4-10-20(19)26-22-11-5-6-12-24(22)30-28(26)27;2-1(3)4/h2-16H,1H3;1-15,29H;. The van der Waals surface area contributed by atoms with Crippen LogP contribution < -0.4 is 0 Å². The molecule has 0 aliphatic heterocycles. The van der Waals surface area contributed by atoms with Crippen LogP contribution in [0.4, 0.5) is 0 Å². The zero-order valence-electron chi connectivity index (χ0n) is 34.3. The molecule has 0 aliphatic rings. The van der Waals surface area contributed by atoms with E-state index in [1.54, 1.807) is 6.07 Å². The van der Waals surface area contributed by atoms with Crippen molar-refractivity contribution in [1.82, 2.24) is 0 Å². The Labute approximate surface area is 401 Å². The number of phenols is 1. The van der Waals surface area contributed by atoms with E-state index in [2.05, 4.69) is 224 Å². The zero-order chi connectivity index (χ0) is 43.2. The smallest absolute Gasteiger partial charge is 0.369 e. The van der Waals surface area contributed by atoms with Gasteiger partial charge in [-0.2, -0.15) is 0 Å². The Morgan fingerprint density at radius 2 is 0.641 bits per heavy atom. The number of aromatic hydroxyl groups is 1. The molecule has 304 valence electrons. The van der Waals surface area contributed by atoms with Gasteiger partial charge in [0.2, 0.25) is 0 Å². The molecular weight excluding hydrogens is 1020 g/mol. The highest BCUT2D eigenvalue weighted by atomic mass is 79.9. The van der Waals surface area contributed by atoms with E-state index in [-0.39, 0.29) is 3.18 Å². The van der Waals surface area contributed by atoms with Gasteiger partial charge in [0.05, 0.1) is 0 Å². The van der Waals surface area contributed by atoms with Crippen LogP contribution in [0.2, 0.25) is 0 Å². The topological polar surface area (TPSA) is 20.2 Å². The lowest BCUT2D eigenvalue weighted by Crippen LogP contribution is -1.87. The second-order valence-electron chi connectivity index (χ2n) is 16.3. The molecule has 0 radical (unpaired) electrons. The molecule has 1 N–H and O–H groups in total. The van der Waals surface area contributed by atoms with E-state index in [1.807, 2.05) is 28.7 Å². The van der Waals surface area contributed by atoms with Crippen molar-refractivity contribution >= 4 is 200 Å². The molecule has 0 aliphatic carbocycles. The molecule has 0 saturated carbocycles. The summed E-state index contributed by atoms with van der Waals surface area (Å²) in [4.78, 5) is 0. The molecule has 0 atom stereocenters. The normalized spacial score (nSPS) is 11.8. The highest BCUT2D eigenvalue weighted by Crippen LogP contribution is 2.50. The molecule has 2 aromatic heterocycles. The van der Waals surface area contributed by atoms with E-state index in [0.717, 1.165) is 5.39 Å². The first-order valence-electron chi connectivity index (χ1n) is 21.1. The fourth-order valence-electron chi connectivity index (χ4n) is 10.3. The number of hydrogen-bond donors (Lipinski definition) is 1. The highest BCUT2D eigenvalue weighted by Gasteiger charge is 2.21. The Balaban J connectivity index is 0.000000125. The van der Waals surface area contributed by atoms with Gasteiger partial charge in [-0.3, -0.25) is 0 Å². The first-order valence-corrected chi connectivity index (χ1v) is 25.5. The molecule has 1 nitrogen and oxygen atoms in total. The third-order valence-electron chi connectivity index (χ3n) is 12.8. The minimum absolute atomic E-state index is 0.271. The van der Waals surface area contributed by atoms with Crippen LogP contribution in [-0.4, -0.2) is 8.29 Å². The minimum atomic E-state index is 0.271. The fraction of sp³-hybridized carbons (Fsp3) is 0.0175. The number of hydrogen-bond acceptors (Lipinski definition) is 3. The number of thiophene rings is 2. The monoisotopic (exact) mass is 1050 g/mol. The second kappa shape index (κ2) is 15.9. The van der Waals surface area contributed by atoms with Gasteiger partial charge in [-0.1, -0.05) is 163 Å². The summed E-state index contributed by atoms with van der Waals surface area (Å²) in [6.07, 6.45) is 0. The van der Waals surface area contributed by atoms with Crippen molar-refractivity contribution in [3.05, 3.63) is 188 Å². The summed E-state index contributed by atoms with van der Waals surface area (Å²) in [5, 5.41) is 36.5. The van der Waals surface area contributed by atoms with Gasteiger partial charge >= 0.3 is 3.18 Å². The van der Waals surface area contributed by atoms with Crippen LogP contribution >= 0.6 is 69.9 Å². The first-order chi connectivity index (χ1) is 31.4. The van der Waals surface area contributed by atoms with Crippen LogP contribution in [-0.2, 0) is 0 Å². The molecule has 14 aromatic rings. The van der Waals surface area contributed by atoms with Crippen LogP contribution in [0, 0.1) is 6.92 Å². The maximum absolute atomic E-state index is 10.2. The highest BCUT2D eigenvalue weighted by molar-refractivity contribution is 9.69. The third-order valence-corrected chi connectivity index (χ3v) is 15.1. The lowest BCUT2D eigenvalue weighted by Gasteiger charge is -2.15. The van der Waals surface area contributed by atoms with E-state index >= 15 is 0 Å². The molecule has 14 rings (SSSR count). The summed E-state index contributed by atoms with van der Waals surface area (Å²) >= 11 is 13.1. The largest absolute Gasteiger partial charge is 0.508 e. The van der Waals surface area contributed by atoms with E-state index in [0.29, 0.717) is 5.75 Å². The van der Waals surface area contributed by atoms with Gasteiger partial charge in [-0.15, -0.1) is 69.9 Å². The lowest BCUT2D eigenvalue weighted by atomic mass is 9.89. The molecule has 0 bridgehead atoms. The van der Waals surface area contributed by atoms with Gasteiger partial charge in [0.25, 0.3) is 0 Å². The number of fused-ring (bicyclic) bond motifs is 26. The zero-order valence-corrected chi connectivity index (χ0v) is 40.7. The van der Waals surface area contributed by atoms with Crippen molar-refractivity contribution in [1.29, 1.82) is 0 Å². The van der Waals surface area contributed by atoms with Gasteiger partial charge in [-0.05, 0) is 107 Å². The Morgan fingerprint density at radius 3 is 1.08 bits per heavy atom. The van der Waals surface area contributed by atoms with Crippen molar-refractivity contribution in [3.8, 4) is 5.75 Å². The number of phenolic OH excluding ortho intramolecular Hbond substituents is 1. The van der Waals surface area contributed by atoms with Gasteiger partial charge in [0.15, 0.2) is 0 Å². The predicted octanol–water partition coefficient (Wildman–Crippen LogP) is 19.5. The fourth-order valence-corrected chi connectivity index (χ4v) is 12.9. The van der Waals surface area contributed by atoms with Crippen LogP contribution in [0.5, 0.6) is 5.75 Å². The first kappa shape index (κ1) is 40.0. The van der Waals surface area contributed by atoms with Crippen LogP contribution in [0.25, 0.3) is 127 Å². The number of halogens is 3. The third kappa shape index (κ3) is 6.27. The van der Waals surface area contributed by atoms with E-state index in [9.17, 15) is 5.11 Å². The molecule has 7 heteroatoms. The summed E-state index contributed by atoms with van der Waals surface area (Å²) in [5.74, 6) is 0.305. The van der Waals surface area contributed by atoms with Crippen LogP contribution in [0.3, 0.4) is 0 Å². The summed E-state index contributed by atoms with van der Waals surface area (Å²) in [5.41, 5.74) is 1.30. The number of rotatable bonds is 0. The maximum atomic E-state index is 10.2. The van der Waals surface area contributed by atoms with Crippen molar-refractivity contribution in [2.45, 2.75) is 6.92 Å². The van der Waals surface area contributed by atoms with E-state index < -0.39 is 0 Å². The van der Waals surface area contributed by atoms with Gasteiger partial charge in [-0.25, -0.2) is 0 Å². The Bertz CT molecular complexity index is 3960. The summed E-state index contributed by atoms with van der Waals surface area (Å²) in [7, 11) is 0. The molecular formula is C57H34BBr3OS2. The maximum Gasteiger partial charge on any atom is 0.369 e. The summed E-state index contributed by atoms with van der Waals surface area (Å²) in [6.45, 7) is 2.19. The van der Waals surface area contributed by atoms with Gasteiger partial charge < -0.3 is 5.11 Å². The average Bonchev–Trinajstić information content (AvgIpc) is 3.91. The van der Waals surface area contributed by atoms with E-state index in [4.69, 9.17) is 0 Å². The van der Waals surface area contributed by atoms with Crippen molar-refractivity contribution in [2.24, 2.45) is 0 Å². The Kier molecular flexibility index (Phi) is 9.92. The van der Waals surface area contributed by atoms with Gasteiger partial charge in [0.1, 0.15) is 5.75 Å². The second-order valence-corrected chi connectivity index (χ2v) is 24.9. The molecule has 0 unspecified atom stereocenters. The van der Waals surface area contributed by atoms with Crippen LogP contribution in [0.1, 0.15) is 5.56 Å². The summed E-state index contributed by atoms with van der Waals surface area (Å²) in [6, 6.07) is 65.5. The number of benzene rings is 12. The molecule has 12 aromatic carbocycles. The predicted molar refractivity (Wildman–Crippen MR) is 298 cm³/mol. The quantitative estimate of drug-likeness (QED) is 0.119. The van der Waals surface area contributed by atoms with Crippen molar-refractivity contribution in [2.75, 3.05) is 0 Å². The van der Waals surface area contributed by atoms with Crippen molar-refractivity contribution < 1.29 is 5.11 Å². The SMILES string of the molecule is BrB(Br)Br.Cc1ccc2c(c1)c1ccccc1c1c3sc4ccccc4c3c3ccccc3c21.Oc1ccc2c(c1)c1ccccc1c1c3sc4ccccc4c3c3ccccc3c21. The van der Waals surface area contributed by atoms with E-state index in [1.165, 1.54) is 127 Å². The molecule has 0 amide bonds. The molecule has 0 fully saturated rings.